The Balaban J connectivity index is 1.78. The highest BCUT2D eigenvalue weighted by Gasteiger charge is 2.08. The Hall–Kier alpha value is -2.96. The van der Waals surface area contributed by atoms with Gasteiger partial charge in [0.2, 0.25) is 0 Å². The molecule has 0 saturated heterocycles. The van der Waals surface area contributed by atoms with Gasteiger partial charge in [0, 0.05) is 17.6 Å². The third-order valence-electron chi connectivity index (χ3n) is 3.03. The summed E-state index contributed by atoms with van der Waals surface area (Å²) in [6.07, 6.45) is 2.93. The molecule has 0 aliphatic rings. The summed E-state index contributed by atoms with van der Waals surface area (Å²) >= 11 is 0. The van der Waals surface area contributed by atoms with Crippen molar-refractivity contribution in [2.45, 2.75) is 6.54 Å². The van der Waals surface area contributed by atoms with E-state index < -0.39 is 0 Å². The fourth-order valence-corrected chi connectivity index (χ4v) is 1.93. The second kappa shape index (κ2) is 5.58. The molecule has 106 valence electrons. The van der Waals surface area contributed by atoms with Crippen molar-refractivity contribution in [3.63, 3.8) is 0 Å². The number of amides is 1. The van der Waals surface area contributed by atoms with E-state index in [0.717, 1.165) is 16.7 Å². The van der Waals surface area contributed by atoms with E-state index in [1.54, 1.807) is 13.2 Å². The van der Waals surface area contributed by atoms with Crippen LogP contribution >= 0.6 is 0 Å². The lowest BCUT2D eigenvalue weighted by molar-refractivity contribution is 0.0949. The molecule has 2 N–H and O–H groups in total. The lowest BCUT2D eigenvalue weighted by Crippen LogP contribution is -2.23. The average molecular weight is 283 g/mol. The molecule has 1 amide bonds. The molecule has 7 heteroatoms. The number of nitrogens with zero attached hydrogens (tertiary/aromatic N) is 3. The van der Waals surface area contributed by atoms with Crippen molar-refractivity contribution in [2.75, 3.05) is 7.11 Å². The van der Waals surface area contributed by atoms with Gasteiger partial charge in [0.1, 0.15) is 17.9 Å². The van der Waals surface area contributed by atoms with Gasteiger partial charge in [-0.3, -0.25) is 14.9 Å². The zero-order valence-electron chi connectivity index (χ0n) is 11.3. The van der Waals surface area contributed by atoms with Crippen LogP contribution in [0.4, 0.5) is 0 Å². The van der Waals surface area contributed by atoms with Gasteiger partial charge < -0.3 is 10.1 Å². The number of methoxy groups -OCH3 is 1. The van der Waals surface area contributed by atoms with Gasteiger partial charge in [-0.15, -0.1) is 0 Å². The minimum atomic E-state index is -0.211. The normalized spacial score (nSPS) is 10.5. The molecule has 3 rings (SSSR count). The molecule has 2 aromatic heterocycles. The molecule has 21 heavy (non-hydrogen) atoms. The molecule has 3 aromatic rings. The zero-order valence-corrected chi connectivity index (χ0v) is 11.3. The first-order valence-corrected chi connectivity index (χ1v) is 6.32. The molecular weight excluding hydrogens is 270 g/mol. The number of carbonyl (C=O) groups excluding carboxylic acids is 1. The molecule has 0 radical (unpaired) electrons. The topological polar surface area (TPSA) is 92.8 Å². The summed E-state index contributed by atoms with van der Waals surface area (Å²) in [5.41, 5.74) is 1.27. The Morgan fingerprint density at radius 2 is 2.24 bits per heavy atom. The predicted molar refractivity (Wildman–Crippen MR) is 75.8 cm³/mol. The van der Waals surface area contributed by atoms with E-state index in [4.69, 9.17) is 4.74 Å². The molecule has 0 aliphatic carbocycles. The highest BCUT2D eigenvalue weighted by Crippen LogP contribution is 2.19. The molecule has 0 aliphatic heterocycles. The Labute approximate surface area is 120 Å². The standard InChI is InChI=1S/C14H13N5O2/c1-21-11-3-2-9-4-10(6-15-12(9)5-11)14(20)16-7-13-17-8-18-19-13/h2-6,8H,7H2,1H3,(H,16,20)(H,17,18,19). The number of ether oxygens (including phenoxy) is 1. The van der Waals surface area contributed by atoms with Crippen LogP contribution in [0.15, 0.2) is 36.8 Å². The van der Waals surface area contributed by atoms with Crippen molar-refractivity contribution in [3.8, 4) is 5.75 Å². The number of aromatic nitrogens is 4. The largest absolute Gasteiger partial charge is 0.497 e. The lowest BCUT2D eigenvalue weighted by atomic mass is 10.1. The number of aromatic amines is 1. The van der Waals surface area contributed by atoms with E-state index in [1.807, 2.05) is 18.2 Å². The molecule has 0 bridgehead atoms. The fraction of sp³-hybridized carbons (Fsp3) is 0.143. The van der Waals surface area contributed by atoms with Crippen molar-refractivity contribution < 1.29 is 9.53 Å². The number of rotatable bonds is 4. The Kier molecular flexibility index (Phi) is 3.46. The maximum atomic E-state index is 12.1. The number of hydrogen-bond donors (Lipinski definition) is 2. The Morgan fingerprint density at radius 3 is 3.00 bits per heavy atom. The molecular formula is C14H13N5O2. The van der Waals surface area contributed by atoms with Crippen LogP contribution in [0, 0.1) is 0 Å². The van der Waals surface area contributed by atoms with E-state index in [-0.39, 0.29) is 5.91 Å². The van der Waals surface area contributed by atoms with Gasteiger partial charge in [0.25, 0.3) is 5.91 Å². The first kappa shape index (κ1) is 13.0. The van der Waals surface area contributed by atoms with Crippen molar-refractivity contribution >= 4 is 16.8 Å². The van der Waals surface area contributed by atoms with Crippen LogP contribution in [0.2, 0.25) is 0 Å². The SMILES string of the molecule is COc1ccc2cc(C(=O)NCc3ncn[nH]3)cnc2c1. The van der Waals surface area contributed by atoms with Gasteiger partial charge in [-0.1, -0.05) is 0 Å². The third-order valence-corrected chi connectivity index (χ3v) is 3.03. The van der Waals surface area contributed by atoms with Gasteiger partial charge in [-0.05, 0) is 18.2 Å². The molecule has 0 unspecified atom stereocenters. The molecule has 0 fully saturated rings. The molecule has 0 spiro atoms. The summed E-state index contributed by atoms with van der Waals surface area (Å²) in [4.78, 5) is 20.3. The van der Waals surface area contributed by atoms with E-state index in [2.05, 4.69) is 25.5 Å². The number of benzene rings is 1. The first-order valence-electron chi connectivity index (χ1n) is 6.32. The Morgan fingerprint density at radius 1 is 1.33 bits per heavy atom. The minimum absolute atomic E-state index is 0.211. The van der Waals surface area contributed by atoms with Crippen LogP contribution in [0.1, 0.15) is 16.2 Å². The second-order valence-electron chi connectivity index (χ2n) is 4.40. The smallest absolute Gasteiger partial charge is 0.253 e. The molecule has 0 atom stereocenters. The van der Waals surface area contributed by atoms with Gasteiger partial charge in [-0.25, -0.2) is 4.98 Å². The fourth-order valence-electron chi connectivity index (χ4n) is 1.93. The minimum Gasteiger partial charge on any atom is -0.497 e. The quantitative estimate of drug-likeness (QED) is 0.752. The molecule has 0 saturated carbocycles. The van der Waals surface area contributed by atoms with Crippen LogP contribution in [-0.2, 0) is 6.54 Å². The zero-order chi connectivity index (χ0) is 14.7. The van der Waals surface area contributed by atoms with Crippen LogP contribution in [-0.4, -0.2) is 33.2 Å². The van der Waals surface area contributed by atoms with E-state index >= 15 is 0 Å². The van der Waals surface area contributed by atoms with Crippen LogP contribution in [0.5, 0.6) is 5.75 Å². The maximum absolute atomic E-state index is 12.1. The van der Waals surface area contributed by atoms with Crippen molar-refractivity contribution in [2.24, 2.45) is 0 Å². The van der Waals surface area contributed by atoms with Crippen molar-refractivity contribution in [1.29, 1.82) is 0 Å². The van der Waals surface area contributed by atoms with Crippen LogP contribution in [0.25, 0.3) is 10.9 Å². The first-order chi connectivity index (χ1) is 10.3. The third kappa shape index (κ3) is 2.81. The molecule has 2 heterocycles. The monoisotopic (exact) mass is 283 g/mol. The van der Waals surface area contributed by atoms with Crippen molar-refractivity contribution in [1.82, 2.24) is 25.5 Å². The lowest BCUT2D eigenvalue weighted by Gasteiger charge is -2.05. The highest BCUT2D eigenvalue weighted by molar-refractivity contribution is 5.97. The van der Waals surface area contributed by atoms with Crippen LogP contribution in [0.3, 0.4) is 0 Å². The molecule has 1 aromatic carbocycles. The average Bonchev–Trinajstić information content (AvgIpc) is 3.05. The number of fused-ring (bicyclic) bond motifs is 1. The Bertz CT molecular complexity index is 770. The number of hydrogen-bond acceptors (Lipinski definition) is 5. The maximum Gasteiger partial charge on any atom is 0.253 e. The number of H-pyrrole nitrogens is 1. The van der Waals surface area contributed by atoms with Gasteiger partial charge in [0.05, 0.1) is 24.7 Å². The van der Waals surface area contributed by atoms with Gasteiger partial charge >= 0.3 is 0 Å². The summed E-state index contributed by atoms with van der Waals surface area (Å²) in [6.45, 7) is 0.291. The van der Waals surface area contributed by atoms with E-state index in [0.29, 0.717) is 17.9 Å². The summed E-state index contributed by atoms with van der Waals surface area (Å²) in [6, 6.07) is 7.32. The molecule has 7 nitrogen and oxygen atoms in total. The van der Waals surface area contributed by atoms with Gasteiger partial charge in [-0.2, -0.15) is 5.10 Å². The summed E-state index contributed by atoms with van der Waals surface area (Å²) in [5, 5.41) is 10.0. The van der Waals surface area contributed by atoms with Gasteiger partial charge in [0.15, 0.2) is 0 Å². The summed E-state index contributed by atoms with van der Waals surface area (Å²) in [5.74, 6) is 1.12. The number of carbonyl (C=O) groups is 1. The number of pyridine rings is 1. The predicted octanol–water partition coefficient (Wildman–Crippen LogP) is 1.29. The summed E-state index contributed by atoms with van der Waals surface area (Å²) in [7, 11) is 1.60. The summed E-state index contributed by atoms with van der Waals surface area (Å²) < 4.78 is 5.14. The van der Waals surface area contributed by atoms with Crippen molar-refractivity contribution in [3.05, 3.63) is 48.2 Å². The number of nitrogens with one attached hydrogen (secondary N) is 2. The highest BCUT2D eigenvalue weighted by atomic mass is 16.5. The van der Waals surface area contributed by atoms with E-state index in [9.17, 15) is 4.79 Å². The van der Waals surface area contributed by atoms with Crippen LogP contribution < -0.4 is 10.1 Å². The van der Waals surface area contributed by atoms with E-state index in [1.165, 1.54) is 12.5 Å². The second-order valence-corrected chi connectivity index (χ2v) is 4.40.